The van der Waals surface area contributed by atoms with Gasteiger partial charge in [0.15, 0.2) is 5.96 Å². The third-order valence-corrected chi connectivity index (χ3v) is 5.77. The van der Waals surface area contributed by atoms with Crippen LogP contribution in [0.4, 0.5) is 5.69 Å². The second kappa shape index (κ2) is 14.1. The predicted molar refractivity (Wildman–Crippen MR) is 135 cm³/mol. The minimum Gasteiger partial charge on any atom is -0.381 e. The van der Waals surface area contributed by atoms with Gasteiger partial charge in [-0.05, 0) is 57.1 Å². The van der Waals surface area contributed by atoms with Gasteiger partial charge in [-0.2, -0.15) is 0 Å². The van der Waals surface area contributed by atoms with Gasteiger partial charge < -0.3 is 25.0 Å². The average molecular weight is 530 g/mol. The number of nitrogens with one attached hydrogen (secondary N) is 2. The van der Waals surface area contributed by atoms with Gasteiger partial charge in [0.2, 0.25) is 0 Å². The van der Waals surface area contributed by atoms with Crippen LogP contribution >= 0.6 is 24.0 Å². The third kappa shape index (κ3) is 7.89. The molecule has 1 unspecified atom stereocenters. The number of aliphatic imine (C=N–C) groups is 1. The van der Waals surface area contributed by atoms with Gasteiger partial charge in [-0.3, -0.25) is 4.99 Å². The maximum absolute atomic E-state index is 5.85. The van der Waals surface area contributed by atoms with E-state index in [1.807, 2.05) is 0 Å². The first-order chi connectivity index (χ1) is 14.3. The molecule has 2 aliphatic heterocycles. The maximum Gasteiger partial charge on any atom is 0.191 e. The Bertz CT molecular complexity index is 637. The molecular formula is C23H39IN4O2. The lowest BCUT2D eigenvalue weighted by molar-refractivity contribution is 0.0203. The predicted octanol–water partition coefficient (Wildman–Crippen LogP) is 3.44. The highest BCUT2D eigenvalue weighted by atomic mass is 127. The van der Waals surface area contributed by atoms with Crippen LogP contribution in [0, 0.1) is 5.92 Å². The van der Waals surface area contributed by atoms with Gasteiger partial charge in [0.05, 0.1) is 6.54 Å². The van der Waals surface area contributed by atoms with Crippen molar-refractivity contribution in [3.8, 4) is 0 Å². The SMILES string of the molecule is CCNC(=NCC(C)N1CCc2ccccc21)NCCCOCC1CCOCC1.I. The second-order valence-corrected chi connectivity index (χ2v) is 8.05. The summed E-state index contributed by atoms with van der Waals surface area (Å²) in [5.74, 6) is 1.57. The van der Waals surface area contributed by atoms with Crippen molar-refractivity contribution in [3.05, 3.63) is 29.8 Å². The number of rotatable bonds is 10. The summed E-state index contributed by atoms with van der Waals surface area (Å²) in [5.41, 5.74) is 2.82. The van der Waals surface area contributed by atoms with Crippen LogP contribution < -0.4 is 15.5 Å². The molecule has 1 aromatic rings. The molecular weight excluding hydrogens is 491 g/mol. The molecule has 0 aliphatic carbocycles. The Morgan fingerprint density at radius 2 is 2.07 bits per heavy atom. The van der Waals surface area contributed by atoms with Crippen LogP contribution in [-0.4, -0.2) is 64.6 Å². The van der Waals surface area contributed by atoms with Crippen LogP contribution in [0.5, 0.6) is 0 Å². The van der Waals surface area contributed by atoms with Crippen molar-refractivity contribution < 1.29 is 9.47 Å². The molecule has 1 atom stereocenters. The summed E-state index contributed by atoms with van der Waals surface area (Å²) in [6.45, 7) is 11.4. The van der Waals surface area contributed by atoms with Gasteiger partial charge in [-0.1, -0.05) is 18.2 Å². The fourth-order valence-corrected chi connectivity index (χ4v) is 4.03. The minimum absolute atomic E-state index is 0. The molecule has 1 aromatic carbocycles. The van der Waals surface area contributed by atoms with E-state index in [9.17, 15) is 0 Å². The maximum atomic E-state index is 5.85. The van der Waals surface area contributed by atoms with E-state index < -0.39 is 0 Å². The molecule has 1 fully saturated rings. The van der Waals surface area contributed by atoms with Crippen LogP contribution in [0.3, 0.4) is 0 Å². The Morgan fingerprint density at radius 1 is 1.27 bits per heavy atom. The Labute approximate surface area is 199 Å². The number of anilines is 1. The van der Waals surface area contributed by atoms with Gasteiger partial charge in [0.1, 0.15) is 0 Å². The number of nitrogens with zero attached hydrogens (tertiary/aromatic N) is 2. The van der Waals surface area contributed by atoms with E-state index in [4.69, 9.17) is 14.5 Å². The monoisotopic (exact) mass is 530 g/mol. The molecule has 6 nitrogen and oxygen atoms in total. The first-order valence-electron chi connectivity index (χ1n) is 11.3. The summed E-state index contributed by atoms with van der Waals surface area (Å²) in [5, 5.41) is 6.80. The Kier molecular flexibility index (Phi) is 11.8. The van der Waals surface area contributed by atoms with Crippen molar-refractivity contribution >= 4 is 35.6 Å². The zero-order valence-corrected chi connectivity index (χ0v) is 20.9. The number of hydrogen-bond acceptors (Lipinski definition) is 4. The van der Waals surface area contributed by atoms with E-state index in [0.29, 0.717) is 12.0 Å². The molecule has 2 N–H and O–H groups in total. The van der Waals surface area contributed by atoms with E-state index in [1.165, 1.54) is 11.3 Å². The lowest BCUT2D eigenvalue weighted by atomic mass is 10.0. The van der Waals surface area contributed by atoms with E-state index in [-0.39, 0.29) is 24.0 Å². The summed E-state index contributed by atoms with van der Waals surface area (Å²) in [7, 11) is 0. The number of para-hydroxylation sites is 1. The Balaban J connectivity index is 0.00000320. The number of benzene rings is 1. The van der Waals surface area contributed by atoms with Crippen molar-refractivity contribution in [1.82, 2.24) is 10.6 Å². The molecule has 2 heterocycles. The lowest BCUT2D eigenvalue weighted by Gasteiger charge is -2.26. The first kappa shape index (κ1) is 25.2. The van der Waals surface area contributed by atoms with Crippen LogP contribution in [0.25, 0.3) is 0 Å². The van der Waals surface area contributed by atoms with Gasteiger partial charge in [0.25, 0.3) is 0 Å². The molecule has 0 spiro atoms. The molecule has 30 heavy (non-hydrogen) atoms. The van der Waals surface area contributed by atoms with Gasteiger partial charge in [0, 0.05) is 57.8 Å². The molecule has 2 aliphatic rings. The van der Waals surface area contributed by atoms with Crippen molar-refractivity contribution in [2.45, 2.75) is 45.6 Å². The van der Waals surface area contributed by atoms with Crippen LogP contribution in [-0.2, 0) is 15.9 Å². The summed E-state index contributed by atoms with van der Waals surface area (Å²) < 4.78 is 11.2. The molecule has 0 bridgehead atoms. The normalized spacial score (nSPS) is 17.9. The highest BCUT2D eigenvalue weighted by Crippen LogP contribution is 2.29. The van der Waals surface area contributed by atoms with Crippen LogP contribution in [0.15, 0.2) is 29.3 Å². The van der Waals surface area contributed by atoms with E-state index >= 15 is 0 Å². The smallest absolute Gasteiger partial charge is 0.191 e. The van der Waals surface area contributed by atoms with E-state index in [0.717, 1.165) is 84.2 Å². The van der Waals surface area contributed by atoms with E-state index in [1.54, 1.807) is 0 Å². The second-order valence-electron chi connectivity index (χ2n) is 8.05. The number of ether oxygens (including phenoxy) is 2. The fraction of sp³-hybridized carbons (Fsp3) is 0.696. The molecule has 0 saturated carbocycles. The first-order valence-corrected chi connectivity index (χ1v) is 11.3. The molecule has 1 saturated heterocycles. The van der Waals surface area contributed by atoms with Crippen molar-refractivity contribution in [1.29, 1.82) is 0 Å². The summed E-state index contributed by atoms with van der Waals surface area (Å²) in [6.07, 6.45) is 4.39. The highest BCUT2D eigenvalue weighted by Gasteiger charge is 2.22. The minimum atomic E-state index is 0. The fourth-order valence-electron chi connectivity index (χ4n) is 4.03. The average Bonchev–Trinajstić information content (AvgIpc) is 3.19. The van der Waals surface area contributed by atoms with Gasteiger partial charge >= 0.3 is 0 Å². The molecule has 7 heteroatoms. The van der Waals surface area contributed by atoms with Crippen LogP contribution in [0.2, 0.25) is 0 Å². The zero-order chi connectivity index (χ0) is 20.3. The zero-order valence-electron chi connectivity index (χ0n) is 18.6. The Hall–Kier alpha value is -1.06. The number of halogens is 1. The molecule has 0 radical (unpaired) electrons. The standard InChI is InChI=1S/C23H38N4O2.HI/c1-3-24-23(25-12-6-14-29-18-20-10-15-28-16-11-20)26-17-19(2)27-13-9-21-7-4-5-8-22(21)27;/h4-5,7-8,19-20H,3,6,9-18H2,1-2H3,(H2,24,25,26);1H. The number of hydrogen-bond donors (Lipinski definition) is 2. The van der Waals surface area contributed by atoms with Crippen molar-refractivity contribution in [3.63, 3.8) is 0 Å². The molecule has 3 rings (SSSR count). The van der Waals surface area contributed by atoms with Crippen LogP contribution in [0.1, 0.15) is 38.7 Å². The van der Waals surface area contributed by atoms with Gasteiger partial charge in [-0.25, -0.2) is 0 Å². The summed E-state index contributed by atoms with van der Waals surface area (Å²) >= 11 is 0. The lowest BCUT2D eigenvalue weighted by Crippen LogP contribution is -2.40. The molecule has 0 amide bonds. The molecule has 0 aromatic heterocycles. The topological polar surface area (TPSA) is 58.1 Å². The van der Waals surface area contributed by atoms with E-state index in [2.05, 4.69) is 53.6 Å². The van der Waals surface area contributed by atoms with Crippen molar-refractivity contribution in [2.75, 3.05) is 57.5 Å². The van der Waals surface area contributed by atoms with Gasteiger partial charge in [-0.15, -0.1) is 24.0 Å². The quantitative estimate of drug-likeness (QED) is 0.210. The summed E-state index contributed by atoms with van der Waals surface area (Å²) in [6, 6.07) is 9.11. The molecule has 170 valence electrons. The number of fused-ring (bicyclic) bond motifs is 1. The highest BCUT2D eigenvalue weighted by molar-refractivity contribution is 14.0. The third-order valence-electron chi connectivity index (χ3n) is 5.77. The largest absolute Gasteiger partial charge is 0.381 e. The number of guanidine groups is 1. The van der Waals surface area contributed by atoms with Crippen molar-refractivity contribution in [2.24, 2.45) is 10.9 Å². The Morgan fingerprint density at radius 3 is 2.87 bits per heavy atom. The summed E-state index contributed by atoms with van der Waals surface area (Å²) in [4.78, 5) is 7.30.